The number of para-hydroxylation sites is 1. The molecule has 0 aliphatic carbocycles. The van der Waals surface area contributed by atoms with Crippen molar-refractivity contribution >= 4 is 38.9 Å². The standard InChI is InChI=1S/C21H13ClN2/c22-16-10-11-19-15(12-16)13-20-17-8-4-5-9-18(17)23-21(24(19)20)14-6-2-1-3-7-14/h1-13H. The zero-order valence-corrected chi connectivity index (χ0v) is 13.5. The minimum Gasteiger partial charge on any atom is -0.293 e. The second-order valence-corrected chi connectivity index (χ2v) is 6.32. The van der Waals surface area contributed by atoms with Crippen molar-refractivity contribution in [1.82, 2.24) is 9.38 Å². The first-order valence-electron chi connectivity index (χ1n) is 7.86. The van der Waals surface area contributed by atoms with E-state index in [1.165, 1.54) is 0 Å². The van der Waals surface area contributed by atoms with E-state index >= 15 is 0 Å². The molecule has 24 heavy (non-hydrogen) atoms. The van der Waals surface area contributed by atoms with E-state index in [4.69, 9.17) is 16.6 Å². The minimum absolute atomic E-state index is 0.747. The number of halogens is 1. The van der Waals surface area contributed by atoms with Crippen molar-refractivity contribution in [2.24, 2.45) is 0 Å². The van der Waals surface area contributed by atoms with E-state index in [-0.39, 0.29) is 0 Å². The molecule has 0 N–H and O–H groups in total. The predicted octanol–water partition coefficient (Wildman–Crippen LogP) is 5.96. The lowest BCUT2D eigenvalue weighted by molar-refractivity contribution is 1.17. The third kappa shape index (κ3) is 1.93. The number of rotatable bonds is 1. The van der Waals surface area contributed by atoms with Gasteiger partial charge in [0.25, 0.3) is 0 Å². The van der Waals surface area contributed by atoms with Crippen LogP contribution in [-0.4, -0.2) is 9.38 Å². The lowest BCUT2D eigenvalue weighted by Gasteiger charge is -2.10. The maximum absolute atomic E-state index is 6.20. The summed E-state index contributed by atoms with van der Waals surface area (Å²) < 4.78 is 2.23. The zero-order chi connectivity index (χ0) is 16.1. The van der Waals surface area contributed by atoms with E-state index < -0.39 is 0 Å². The Kier molecular flexibility index (Phi) is 2.88. The normalized spacial score (nSPS) is 11.5. The van der Waals surface area contributed by atoms with Gasteiger partial charge >= 0.3 is 0 Å². The van der Waals surface area contributed by atoms with Gasteiger partial charge in [-0.2, -0.15) is 0 Å². The van der Waals surface area contributed by atoms with Gasteiger partial charge in [0, 0.05) is 21.4 Å². The molecule has 0 amide bonds. The highest BCUT2D eigenvalue weighted by molar-refractivity contribution is 6.31. The lowest BCUT2D eigenvalue weighted by atomic mass is 10.1. The van der Waals surface area contributed by atoms with Gasteiger partial charge in [-0.1, -0.05) is 60.1 Å². The largest absolute Gasteiger partial charge is 0.293 e. The van der Waals surface area contributed by atoms with Crippen LogP contribution in [0.5, 0.6) is 0 Å². The summed E-state index contributed by atoms with van der Waals surface area (Å²) in [6, 6.07) is 26.8. The molecule has 5 aromatic rings. The summed E-state index contributed by atoms with van der Waals surface area (Å²) in [5.74, 6) is 0.946. The first-order chi connectivity index (χ1) is 11.8. The molecular weight excluding hydrogens is 316 g/mol. The van der Waals surface area contributed by atoms with Crippen molar-refractivity contribution in [2.45, 2.75) is 0 Å². The van der Waals surface area contributed by atoms with Gasteiger partial charge in [-0.25, -0.2) is 4.98 Å². The Morgan fingerprint density at radius 1 is 0.750 bits per heavy atom. The fourth-order valence-electron chi connectivity index (χ4n) is 3.35. The van der Waals surface area contributed by atoms with Gasteiger partial charge in [-0.15, -0.1) is 0 Å². The van der Waals surface area contributed by atoms with Crippen LogP contribution in [0, 0.1) is 0 Å². The van der Waals surface area contributed by atoms with Crippen LogP contribution in [-0.2, 0) is 0 Å². The number of hydrogen-bond acceptors (Lipinski definition) is 1. The quantitative estimate of drug-likeness (QED) is 0.371. The van der Waals surface area contributed by atoms with Crippen molar-refractivity contribution < 1.29 is 0 Å². The fourth-order valence-corrected chi connectivity index (χ4v) is 3.53. The Morgan fingerprint density at radius 2 is 1.54 bits per heavy atom. The molecule has 0 spiro atoms. The number of aromatic nitrogens is 2. The van der Waals surface area contributed by atoms with Gasteiger partial charge in [-0.05, 0) is 30.3 Å². The highest BCUT2D eigenvalue weighted by Gasteiger charge is 2.13. The number of fused-ring (bicyclic) bond motifs is 5. The fraction of sp³-hybridized carbons (Fsp3) is 0. The van der Waals surface area contributed by atoms with E-state index in [1.54, 1.807) is 0 Å². The second-order valence-electron chi connectivity index (χ2n) is 5.89. The molecule has 114 valence electrons. The third-order valence-electron chi connectivity index (χ3n) is 4.41. The molecule has 3 aromatic carbocycles. The number of benzene rings is 3. The molecule has 0 aliphatic rings. The Hall–Kier alpha value is -2.84. The minimum atomic E-state index is 0.747. The van der Waals surface area contributed by atoms with Crippen LogP contribution >= 0.6 is 11.6 Å². The molecule has 2 heterocycles. The lowest BCUT2D eigenvalue weighted by Crippen LogP contribution is -1.97. The molecule has 0 unspecified atom stereocenters. The molecule has 5 rings (SSSR count). The highest BCUT2D eigenvalue weighted by atomic mass is 35.5. The van der Waals surface area contributed by atoms with E-state index in [9.17, 15) is 0 Å². The van der Waals surface area contributed by atoms with Crippen LogP contribution in [0.15, 0.2) is 78.9 Å². The summed E-state index contributed by atoms with van der Waals surface area (Å²) >= 11 is 6.20. The Balaban J connectivity index is 2.04. The van der Waals surface area contributed by atoms with Gasteiger partial charge in [0.1, 0.15) is 5.82 Å². The molecule has 0 fully saturated rings. The molecule has 0 aliphatic heterocycles. The van der Waals surface area contributed by atoms with Crippen LogP contribution in [0.3, 0.4) is 0 Å². The summed E-state index contributed by atoms with van der Waals surface area (Å²) in [6.07, 6.45) is 0. The van der Waals surface area contributed by atoms with Crippen LogP contribution in [0.2, 0.25) is 5.02 Å². The average molecular weight is 329 g/mol. The summed E-state index contributed by atoms with van der Waals surface area (Å²) in [5, 5.41) is 3.01. The van der Waals surface area contributed by atoms with Gasteiger partial charge in [0.15, 0.2) is 0 Å². The molecule has 2 aromatic heterocycles. The SMILES string of the molecule is Clc1ccc2c(c1)cc1c3ccccc3nc(-c3ccccc3)n21. The van der Waals surface area contributed by atoms with Crippen LogP contribution in [0.4, 0.5) is 0 Å². The molecule has 0 radical (unpaired) electrons. The van der Waals surface area contributed by atoms with Crippen molar-refractivity contribution in [2.75, 3.05) is 0 Å². The van der Waals surface area contributed by atoms with Crippen molar-refractivity contribution in [3.8, 4) is 11.4 Å². The van der Waals surface area contributed by atoms with Gasteiger partial charge in [0.2, 0.25) is 0 Å². The summed E-state index contributed by atoms with van der Waals surface area (Å²) in [7, 11) is 0. The van der Waals surface area contributed by atoms with E-state index in [2.05, 4.69) is 46.9 Å². The van der Waals surface area contributed by atoms with Crippen LogP contribution in [0.25, 0.3) is 38.7 Å². The summed E-state index contributed by atoms with van der Waals surface area (Å²) in [6.45, 7) is 0. The maximum atomic E-state index is 6.20. The van der Waals surface area contributed by atoms with Gasteiger partial charge in [-0.3, -0.25) is 4.40 Å². The molecule has 2 nitrogen and oxygen atoms in total. The van der Waals surface area contributed by atoms with Crippen molar-refractivity contribution in [3.63, 3.8) is 0 Å². The van der Waals surface area contributed by atoms with Crippen LogP contribution in [0.1, 0.15) is 0 Å². The molecule has 0 bridgehead atoms. The Labute approximate surface area is 143 Å². The first kappa shape index (κ1) is 13.6. The molecular formula is C21H13ClN2. The van der Waals surface area contributed by atoms with Crippen molar-refractivity contribution in [1.29, 1.82) is 0 Å². The van der Waals surface area contributed by atoms with E-state index in [0.29, 0.717) is 0 Å². The number of nitrogens with zero attached hydrogens (tertiary/aromatic N) is 2. The highest BCUT2D eigenvalue weighted by Crippen LogP contribution is 2.32. The van der Waals surface area contributed by atoms with Crippen LogP contribution < -0.4 is 0 Å². The Bertz CT molecular complexity index is 1210. The monoisotopic (exact) mass is 328 g/mol. The molecule has 0 saturated carbocycles. The third-order valence-corrected chi connectivity index (χ3v) is 4.65. The van der Waals surface area contributed by atoms with E-state index in [1.807, 2.05) is 36.4 Å². The van der Waals surface area contributed by atoms with E-state index in [0.717, 1.165) is 43.7 Å². The van der Waals surface area contributed by atoms with Gasteiger partial charge < -0.3 is 0 Å². The predicted molar refractivity (Wildman–Crippen MR) is 101 cm³/mol. The average Bonchev–Trinajstić information content (AvgIpc) is 3.00. The second kappa shape index (κ2) is 5.08. The summed E-state index contributed by atoms with van der Waals surface area (Å²) in [5.41, 5.74) is 4.36. The zero-order valence-electron chi connectivity index (χ0n) is 12.8. The molecule has 0 atom stereocenters. The van der Waals surface area contributed by atoms with Gasteiger partial charge in [0.05, 0.1) is 16.6 Å². The molecule has 3 heteroatoms. The smallest absolute Gasteiger partial charge is 0.145 e. The summed E-state index contributed by atoms with van der Waals surface area (Å²) in [4.78, 5) is 4.95. The van der Waals surface area contributed by atoms with Crippen molar-refractivity contribution in [3.05, 3.63) is 83.9 Å². The first-order valence-corrected chi connectivity index (χ1v) is 8.24. The Morgan fingerprint density at radius 3 is 2.42 bits per heavy atom. The molecule has 0 saturated heterocycles. The maximum Gasteiger partial charge on any atom is 0.145 e. The topological polar surface area (TPSA) is 17.3 Å². The number of hydrogen-bond donors (Lipinski definition) is 0.